The average Bonchev–Trinajstić information content (AvgIpc) is 3.18. The van der Waals surface area contributed by atoms with Crippen LogP contribution < -0.4 is 0 Å². The second-order valence-electron chi connectivity index (χ2n) is 6.65. The maximum atomic E-state index is 11.1. The lowest BCUT2D eigenvalue weighted by molar-refractivity contribution is -0.132. The van der Waals surface area contributed by atoms with Crippen molar-refractivity contribution in [3.05, 3.63) is 77.2 Å². The van der Waals surface area contributed by atoms with Crippen LogP contribution in [-0.4, -0.2) is 11.1 Å². The molecule has 5 aromatic rings. The molecular formula is C24H13NO2S. The van der Waals surface area contributed by atoms with Gasteiger partial charge in [-0.3, -0.25) is 0 Å². The molecule has 0 saturated heterocycles. The maximum absolute atomic E-state index is 11.1. The largest absolute Gasteiger partial charge is 0.477 e. The third-order valence-corrected chi connectivity index (χ3v) is 6.12. The molecule has 0 radical (unpaired) electrons. The lowest BCUT2D eigenvalue weighted by atomic mass is 9.91. The van der Waals surface area contributed by atoms with E-state index in [1.165, 1.54) is 49.7 Å². The Balaban J connectivity index is 1.74. The van der Waals surface area contributed by atoms with Crippen molar-refractivity contribution >= 4 is 55.7 Å². The molecule has 4 heteroatoms. The SMILES string of the molecule is N#C/C(=C\c1ccc(-c2ccc3ccc4cccc5ccc2c3c45)s1)C(=O)O. The van der Waals surface area contributed by atoms with Gasteiger partial charge in [0.25, 0.3) is 0 Å². The molecule has 3 nitrogen and oxygen atoms in total. The van der Waals surface area contributed by atoms with Crippen molar-refractivity contribution in [3.8, 4) is 16.5 Å². The van der Waals surface area contributed by atoms with E-state index >= 15 is 0 Å². The van der Waals surface area contributed by atoms with E-state index in [4.69, 9.17) is 10.4 Å². The third kappa shape index (κ3) is 2.45. The van der Waals surface area contributed by atoms with Crippen LogP contribution in [0.15, 0.2) is 72.3 Å². The molecule has 0 fully saturated rings. The number of carbonyl (C=O) groups is 1. The predicted molar refractivity (Wildman–Crippen MR) is 115 cm³/mol. The van der Waals surface area contributed by atoms with Crippen LogP contribution in [0.5, 0.6) is 0 Å². The van der Waals surface area contributed by atoms with Crippen molar-refractivity contribution in [1.29, 1.82) is 5.26 Å². The average molecular weight is 379 g/mol. The molecule has 0 amide bonds. The van der Waals surface area contributed by atoms with Gasteiger partial charge in [0, 0.05) is 9.75 Å². The summed E-state index contributed by atoms with van der Waals surface area (Å²) >= 11 is 1.49. The van der Waals surface area contributed by atoms with E-state index in [1.54, 1.807) is 6.07 Å². The van der Waals surface area contributed by atoms with Gasteiger partial charge in [-0.1, -0.05) is 54.6 Å². The zero-order valence-electron chi connectivity index (χ0n) is 14.6. The van der Waals surface area contributed by atoms with Gasteiger partial charge in [-0.25, -0.2) is 4.79 Å². The van der Waals surface area contributed by atoms with Crippen LogP contribution in [0.1, 0.15) is 4.88 Å². The van der Waals surface area contributed by atoms with Crippen molar-refractivity contribution in [1.82, 2.24) is 0 Å². The predicted octanol–water partition coefficient (Wildman–Crippen LogP) is 6.30. The fraction of sp³-hybridized carbons (Fsp3) is 0. The number of nitrogens with zero attached hydrogens (tertiary/aromatic N) is 1. The number of aliphatic carboxylic acids is 1. The summed E-state index contributed by atoms with van der Waals surface area (Å²) in [6.07, 6.45) is 1.42. The summed E-state index contributed by atoms with van der Waals surface area (Å²) in [6, 6.07) is 24.8. The Bertz CT molecular complexity index is 1440. The van der Waals surface area contributed by atoms with E-state index < -0.39 is 5.97 Å². The molecule has 0 aliphatic heterocycles. The number of hydrogen-bond donors (Lipinski definition) is 1. The summed E-state index contributed by atoms with van der Waals surface area (Å²) in [5.41, 5.74) is 0.855. The van der Waals surface area contributed by atoms with Gasteiger partial charge in [0.2, 0.25) is 0 Å². The van der Waals surface area contributed by atoms with Crippen molar-refractivity contribution < 1.29 is 9.90 Å². The van der Waals surface area contributed by atoms with Gasteiger partial charge in [0.05, 0.1) is 0 Å². The topological polar surface area (TPSA) is 61.1 Å². The molecule has 132 valence electrons. The molecule has 4 aromatic carbocycles. The minimum Gasteiger partial charge on any atom is -0.477 e. The van der Waals surface area contributed by atoms with E-state index in [0.717, 1.165) is 15.3 Å². The fourth-order valence-corrected chi connectivity index (χ4v) is 4.80. The third-order valence-electron chi connectivity index (χ3n) is 5.06. The zero-order valence-corrected chi connectivity index (χ0v) is 15.5. The first-order chi connectivity index (χ1) is 13.7. The van der Waals surface area contributed by atoms with E-state index in [1.807, 2.05) is 12.1 Å². The molecule has 1 heterocycles. The second-order valence-corrected chi connectivity index (χ2v) is 7.76. The van der Waals surface area contributed by atoms with Gasteiger partial charge in [0.1, 0.15) is 11.6 Å². The van der Waals surface area contributed by atoms with E-state index in [9.17, 15) is 4.79 Å². The molecule has 0 atom stereocenters. The Kier molecular flexibility index (Phi) is 3.65. The van der Waals surface area contributed by atoms with Crippen LogP contribution in [0, 0.1) is 11.3 Å². The number of nitriles is 1. The Morgan fingerprint density at radius 1 is 0.893 bits per heavy atom. The molecule has 1 aromatic heterocycles. The second kappa shape index (κ2) is 6.19. The lowest BCUT2D eigenvalue weighted by Gasteiger charge is -2.13. The maximum Gasteiger partial charge on any atom is 0.346 e. The normalized spacial score (nSPS) is 12.0. The smallest absolute Gasteiger partial charge is 0.346 e. The van der Waals surface area contributed by atoms with Gasteiger partial charge in [-0.15, -0.1) is 11.3 Å². The first-order valence-electron chi connectivity index (χ1n) is 8.77. The molecule has 1 N–H and O–H groups in total. The fourth-order valence-electron chi connectivity index (χ4n) is 3.81. The van der Waals surface area contributed by atoms with Crippen LogP contribution in [0.25, 0.3) is 48.8 Å². The van der Waals surface area contributed by atoms with Crippen LogP contribution in [0.3, 0.4) is 0 Å². The van der Waals surface area contributed by atoms with Crippen molar-refractivity contribution in [2.75, 3.05) is 0 Å². The number of rotatable bonds is 3. The molecule has 0 spiro atoms. The first-order valence-corrected chi connectivity index (χ1v) is 9.59. The lowest BCUT2D eigenvalue weighted by Crippen LogP contribution is -1.96. The highest BCUT2D eigenvalue weighted by Gasteiger charge is 2.13. The van der Waals surface area contributed by atoms with E-state index in [2.05, 4.69) is 54.6 Å². The van der Waals surface area contributed by atoms with Crippen molar-refractivity contribution in [2.45, 2.75) is 0 Å². The molecular weight excluding hydrogens is 366 g/mol. The molecule has 0 unspecified atom stereocenters. The molecule has 28 heavy (non-hydrogen) atoms. The Labute approximate surface area is 164 Å². The summed E-state index contributed by atoms with van der Waals surface area (Å²) < 4.78 is 0. The van der Waals surface area contributed by atoms with Gasteiger partial charge < -0.3 is 5.11 Å². The highest BCUT2D eigenvalue weighted by Crippen LogP contribution is 2.41. The minimum absolute atomic E-state index is 0.260. The highest BCUT2D eigenvalue weighted by atomic mass is 32.1. The first kappa shape index (κ1) is 16.5. The van der Waals surface area contributed by atoms with Gasteiger partial charge in [-0.2, -0.15) is 5.26 Å². The molecule has 0 saturated carbocycles. The minimum atomic E-state index is -1.21. The van der Waals surface area contributed by atoms with Crippen molar-refractivity contribution in [3.63, 3.8) is 0 Å². The van der Waals surface area contributed by atoms with Crippen LogP contribution in [-0.2, 0) is 4.79 Å². The van der Waals surface area contributed by atoms with Crippen LogP contribution >= 0.6 is 11.3 Å². The van der Waals surface area contributed by atoms with Crippen LogP contribution in [0.4, 0.5) is 0 Å². The summed E-state index contributed by atoms with van der Waals surface area (Å²) in [4.78, 5) is 12.9. The van der Waals surface area contributed by atoms with Gasteiger partial charge in [0.15, 0.2) is 0 Å². The summed E-state index contributed by atoms with van der Waals surface area (Å²) in [6.45, 7) is 0. The Morgan fingerprint density at radius 3 is 2.29 bits per heavy atom. The molecule has 0 aliphatic carbocycles. The number of benzene rings is 4. The molecule has 0 aliphatic rings. The Hall–Kier alpha value is -3.68. The van der Waals surface area contributed by atoms with Gasteiger partial charge >= 0.3 is 5.97 Å². The monoisotopic (exact) mass is 379 g/mol. The van der Waals surface area contributed by atoms with E-state index in [0.29, 0.717) is 0 Å². The quantitative estimate of drug-likeness (QED) is 0.227. The summed E-state index contributed by atoms with van der Waals surface area (Å²) in [7, 11) is 0. The number of carboxylic acids is 1. The number of thiophene rings is 1. The van der Waals surface area contributed by atoms with E-state index in [-0.39, 0.29) is 5.57 Å². The molecule has 5 rings (SSSR count). The molecule has 0 bridgehead atoms. The van der Waals surface area contributed by atoms with Crippen LogP contribution in [0.2, 0.25) is 0 Å². The summed E-state index contributed by atoms with van der Waals surface area (Å²) in [5, 5.41) is 25.4. The summed E-state index contributed by atoms with van der Waals surface area (Å²) in [5.74, 6) is -1.21. The zero-order chi connectivity index (χ0) is 19.3. The van der Waals surface area contributed by atoms with Gasteiger partial charge in [-0.05, 0) is 56.1 Å². The Morgan fingerprint density at radius 2 is 1.57 bits per heavy atom. The highest BCUT2D eigenvalue weighted by molar-refractivity contribution is 7.16. The standard InChI is InChI=1S/C24H13NO2S/c25-13-17(24(26)27)12-18-8-11-21(28-18)19-9-6-16-5-4-14-2-1-3-15-7-10-20(19)23(16)22(14)15/h1-12H,(H,26,27)/b17-12+. The van der Waals surface area contributed by atoms with Crippen molar-refractivity contribution in [2.24, 2.45) is 0 Å². The number of hydrogen-bond acceptors (Lipinski definition) is 3. The number of carboxylic acid groups (broad SMARTS) is 1.